The largest absolute Gasteiger partial charge is 0.497 e. The van der Waals surface area contributed by atoms with Gasteiger partial charge in [-0.15, -0.1) is 0 Å². The molecule has 1 fully saturated rings. The quantitative estimate of drug-likeness (QED) is 0.862. The van der Waals surface area contributed by atoms with E-state index >= 15 is 0 Å². The molecule has 1 saturated carbocycles. The standard InChI is InChI=1S/C18H21NO2/c1-20-16-9-10-17(18(11-16)21-2)19-12-13-3-5-14(6-4-13)15-7-8-15/h3-6,9-11,15,19H,7-8,12H2,1-2H3. The lowest BCUT2D eigenvalue weighted by molar-refractivity contribution is 0.395. The number of anilines is 1. The highest BCUT2D eigenvalue weighted by molar-refractivity contribution is 5.59. The van der Waals surface area contributed by atoms with E-state index in [4.69, 9.17) is 9.47 Å². The van der Waals surface area contributed by atoms with Gasteiger partial charge in [0.2, 0.25) is 0 Å². The Balaban J connectivity index is 1.66. The van der Waals surface area contributed by atoms with Gasteiger partial charge in [-0.3, -0.25) is 0 Å². The summed E-state index contributed by atoms with van der Waals surface area (Å²) in [5.74, 6) is 2.41. The van der Waals surface area contributed by atoms with Gasteiger partial charge in [-0.25, -0.2) is 0 Å². The number of hydrogen-bond donors (Lipinski definition) is 1. The van der Waals surface area contributed by atoms with Crippen LogP contribution in [0.3, 0.4) is 0 Å². The average molecular weight is 283 g/mol. The second kappa shape index (κ2) is 6.08. The highest BCUT2D eigenvalue weighted by Gasteiger charge is 2.22. The van der Waals surface area contributed by atoms with Crippen LogP contribution in [0.25, 0.3) is 0 Å². The molecule has 3 heteroatoms. The molecule has 110 valence electrons. The zero-order valence-electron chi connectivity index (χ0n) is 12.6. The Morgan fingerprint density at radius 2 is 1.76 bits per heavy atom. The molecule has 0 spiro atoms. The first-order valence-electron chi connectivity index (χ1n) is 7.35. The minimum atomic E-state index is 0.785. The maximum Gasteiger partial charge on any atom is 0.145 e. The highest BCUT2D eigenvalue weighted by Crippen LogP contribution is 2.40. The van der Waals surface area contributed by atoms with Crippen molar-refractivity contribution in [2.45, 2.75) is 25.3 Å². The molecule has 0 atom stereocenters. The van der Waals surface area contributed by atoms with Crippen LogP contribution in [0.1, 0.15) is 29.9 Å². The summed E-state index contributed by atoms with van der Waals surface area (Å²) in [5.41, 5.74) is 3.72. The normalized spacial score (nSPS) is 13.8. The van der Waals surface area contributed by atoms with Crippen molar-refractivity contribution in [1.82, 2.24) is 0 Å². The van der Waals surface area contributed by atoms with Crippen molar-refractivity contribution in [2.24, 2.45) is 0 Å². The lowest BCUT2D eigenvalue weighted by Crippen LogP contribution is -2.01. The first kappa shape index (κ1) is 13.8. The van der Waals surface area contributed by atoms with Crippen LogP contribution in [-0.2, 0) is 6.54 Å². The molecular formula is C18H21NO2. The molecule has 0 radical (unpaired) electrons. The third-order valence-electron chi connectivity index (χ3n) is 3.92. The van der Waals surface area contributed by atoms with Crippen LogP contribution < -0.4 is 14.8 Å². The van der Waals surface area contributed by atoms with Crippen LogP contribution in [0, 0.1) is 0 Å². The molecule has 2 aromatic carbocycles. The summed E-state index contributed by atoms with van der Waals surface area (Å²) in [5, 5.41) is 3.42. The number of nitrogens with one attached hydrogen (secondary N) is 1. The van der Waals surface area contributed by atoms with E-state index in [1.54, 1.807) is 14.2 Å². The van der Waals surface area contributed by atoms with E-state index in [1.165, 1.54) is 24.0 Å². The van der Waals surface area contributed by atoms with Crippen molar-refractivity contribution in [3.63, 3.8) is 0 Å². The fraction of sp³-hybridized carbons (Fsp3) is 0.333. The van der Waals surface area contributed by atoms with E-state index in [1.807, 2.05) is 18.2 Å². The van der Waals surface area contributed by atoms with Gasteiger partial charge in [-0.05, 0) is 42.0 Å². The first-order valence-corrected chi connectivity index (χ1v) is 7.35. The summed E-state index contributed by atoms with van der Waals surface area (Å²) in [6, 6.07) is 14.7. The monoisotopic (exact) mass is 283 g/mol. The van der Waals surface area contributed by atoms with Crippen molar-refractivity contribution in [3.8, 4) is 11.5 Å². The summed E-state index contributed by atoms with van der Waals surface area (Å²) >= 11 is 0. The number of rotatable bonds is 6. The van der Waals surface area contributed by atoms with Crippen LogP contribution >= 0.6 is 0 Å². The van der Waals surface area contributed by atoms with Crippen molar-refractivity contribution < 1.29 is 9.47 Å². The number of methoxy groups -OCH3 is 2. The first-order chi connectivity index (χ1) is 10.3. The molecule has 0 saturated heterocycles. The molecular weight excluding hydrogens is 262 g/mol. The van der Waals surface area contributed by atoms with Crippen molar-refractivity contribution in [2.75, 3.05) is 19.5 Å². The van der Waals surface area contributed by atoms with Gasteiger partial charge in [-0.1, -0.05) is 24.3 Å². The lowest BCUT2D eigenvalue weighted by atomic mass is 10.1. The number of benzene rings is 2. The van der Waals surface area contributed by atoms with Gasteiger partial charge in [0.25, 0.3) is 0 Å². The zero-order valence-corrected chi connectivity index (χ0v) is 12.6. The summed E-state index contributed by atoms with van der Waals surface area (Å²) in [7, 11) is 3.33. The Morgan fingerprint density at radius 3 is 2.38 bits per heavy atom. The van der Waals surface area contributed by atoms with Crippen molar-refractivity contribution >= 4 is 5.69 Å². The Kier molecular flexibility index (Phi) is 4.00. The summed E-state index contributed by atoms with van der Waals surface area (Å²) in [6.45, 7) is 0.785. The predicted octanol–water partition coefficient (Wildman–Crippen LogP) is 4.19. The molecule has 1 aliphatic rings. The second-order valence-corrected chi connectivity index (χ2v) is 5.44. The molecule has 1 aliphatic carbocycles. The molecule has 0 aromatic heterocycles. The van der Waals surface area contributed by atoms with Gasteiger partial charge in [0.1, 0.15) is 11.5 Å². The predicted molar refractivity (Wildman–Crippen MR) is 85.3 cm³/mol. The van der Waals surface area contributed by atoms with Crippen molar-refractivity contribution in [3.05, 3.63) is 53.6 Å². The van der Waals surface area contributed by atoms with E-state index in [-0.39, 0.29) is 0 Å². The van der Waals surface area contributed by atoms with E-state index in [9.17, 15) is 0 Å². The maximum absolute atomic E-state index is 5.39. The van der Waals surface area contributed by atoms with Gasteiger partial charge in [0, 0.05) is 12.6 Å². The second-order valence-electron chi connectivity index (χ2n) is 5.44. The fourth-order valence-electron chi connectivity index (χ4n) is 2.47. The summed E-state index contributed by atoms with van der Waals surface area (Å²) in [6.07, 6.45) is 2.70. The van der Waals surface area contributed by atoms with E-state index in [0.29, 0.717) is 0 Å². The molecule has 0 bridgehead atoms. The molecule has 21 heavy (non-hydrogen) atoms. The topological polar surface area (TPSA) is 30.5 Å². The highest BCUT2D eigenvalue weighted by atomic mass is 16.5. The van der Waals surface area contributed by atoms with Crippen LogP contribution in [0.5, 0.6) is 11.5 Å². The third kappa shape index (κ3) is 3.30. The van der Waals surface area contributed by atoms with E-state index < -0.39 is 0 Å². The molecule has 0 heterocycles. The van der Waals surface area contributed by atoms with Crippen LogP contribution in [0.4, 0.5) is 5.69 Å². The summed E-state index contributed by atoms with van der Waals surface area (Å²) in [4.78, 5) is 0. The SMILES string of the molecule is COc1ccc(NCc2ccc(C3CC3)cc2)c(OC)c1. The zero-order chi connectivity index (χ0) is 14.7. The van der Waals surface area contributed by atoms with Gasteiger partial charge >= 0.3 is 0 Å². The maximum atomic E-state index is 5.39. The van der Waals surface area contributed by atoms with Crippen LogP contribution in [-0.4, -0.2) is 14.2 Å². The minimum Gasteiger partial charge on any atom is -0.497 e. The Morgan fingerprint density at radius 1 is 1.00 bits per heavy atom. The third-order valence-corrected chi connectivity index (χ3v) is 3.92. The minimum absolute atomic E-state index is 0.785. The van der Waals surface area contributed by atoms with Crippen molar-refractivity contribution in [1.29, 1.82) is 0 Å². The van der Waals surface area contributed by atoms with E-state index in [2.05, 4.69) is 29.6 Å². The average Bonchev–Trinajstić information content (AvgIpc) is 3.38. The molecule has 1 N–H and O–H groups in total. The van der Waals surface area contributed by atoms with Gasteiger partial charge in [0.05, 0.1) is 19.9 Å². The molecule has 0 amide bonds. The van der Waals surface area contributed by atoms with Crippen LogP contribution in [0.2, 0.25) is 0 Å². The van der Waals surface area contributed by atoms with E-state index in [0.717, 1.165) is 29.6 Å². The lowest BCUT2D eigenvalue weighted by Gasteiger charge is -2.12. The Bertz CT molecular complexity index is 603. The van der Waals surface area contributed by atoms with Gasteiger partial charge in [0.15, 0.2) is 0 Å². The fourth-order valence-corrected chi connectivity index (χ4v) is 2.47. The van der Waals surface area contributed by atoms with Gasteiger partial charge < -0.3 is 14.8 Å². The number of ether oxygens (including phenoxy) is 2. The summed E-state index contributed by atoms with van der Waals surface area (Å²) < 4.78 is 10.6. The number of hydrogen-bond acceptors (Lipinski definition) is 3. The molecule has 2 aromatic rings. The van der Waals surface area contributed by atoms with Crippen LogP contribution in [0.15, 0.2) is 42.5 Å². The smallest absolute Gasteiger partial charge is 0.145 e. The van der Waals surface area contributed by atoms with Gasteiger partial charge in [-0.2, -0.15) is 0 Å². The molecule has 3 rings (SSSR count). The molecule has 3 nitrogen and oxygen atoms in total. The Labute approximate surface area is 125 Å². The molecule has 0 aliphatic heterocycles. The Hall–Kier alpha value is -2.16. The molecule has 0 unspecified atom stereocenters.